The minimum absolute atomic E-state index is 0.0301. The third-order valence-electron chi connectivity index (χ3n) is 6.87. The molecule has 0 unspecified atom stereocenters. The number of hydrogen-bond donors (Lipinski definition) is 2. The summed E-state index contributed by atoms with van der Waals surface area (Å²) in [5.41, 5.74) is 2.70. The summed E-state index contributed by atoms with van der Waals surface area (Å²) in [5, 5.41) is 11.7. The van der Waals surface area contributed by atoms with Crippen LogP contribution in [0.2, 0.25) is 0 Å². The van der Waals surface area contributed by atoms with E-state index in [1.807, 2.05) is 57.4 Å². The van der Waals surface area contributed by atoms with Gasteiger partial charge in [0, 0.05) is 23.1 Å². The number of nitrogens with one attached hydrogen (secondary N) is 1. The van der Waals surface area contributed by atoms with Crippen molar-refractivity contribution in [2.75, 3.05) is 6.61 Å². The van der Waals surface area contributed by atoms with Gasteiger partial charge in [-0.1, -0.05) is 46.8 Å². The van der Waals surface area contributed by atoms with Crippen LogP contribution in [0.1, 0.15) is 88.6 Å². The third-order valence-corrected chi connectivity index (χ3v) is 6.87. The van der Waals surface area contributed by atoms with Gasteiger partial charge in [-0.3, -0.25) is 14.4 Å². The van der Waals surface area contributed by atoms with Crippen molar-refractivity contribution in [1.29, 1.82) is 0 Å². The van der Waals surface area contributed by atoms with Crippen molar-refractivity contribution in [3.63, 3.8) is 0 Å². The smallest absolute Gasteiger partial charge is 0.325 e. The van der Waals surface area contributed by atoms with Gasteiger partial charge in [-0.05, 0) is 62.9 Å². The Labute approximate surface area is 208 Å². The van der Waals surface area contributed by atoms with Crippen LogP contribution in [0.15, 0.2) is 30.3 Å². The number of ether oxygens (including phenoxy) is 1. The number of aromatic nitrogens is 1. The van der Waals surface area contributed by atoms with Crippen molar-refractivity contribution >= 4 is 17.7 Å². The van der Waals surface area contributed by atoms with E-state index in [9.17, 15) is 14.4 Å². The Balaban J connectivity index is 2.45. The van der Waals surface area contributed by atoms with Gasteiger partial charge in [0.2, 0.25) is 0 Å². The van der Waals surface area contributed by atoms with E-state index in [1.54, 1.807) is 6.07 Å². The molecule has 2 N–H and O–H groups in total. The molecule has 2 aromatic rings. The average molecular weight is 485 g/mol. The molecule has 1 aromatic heterocycles. The Hall–Kier alpha value is -3.09. The van der Waals surface area contributed by atoms with Crippen molar-refractivity contribution in [2.24, 2.45) is 5.41 Å². The van der Waals surface area contributed by atoms with Gasteiger partial charge in [0.25, 0.3) is 5.91 Å². The van der Waals surface area contributed by atoms with E-state index in [-0.39, 0.29) is 17.8 Å². The van der Waals surface area contributed by atoms with Crippen LogP contribution < -0.4 is 10.1 Å². The number of rotatable bonds is 11. The summed E-state index contributed by atoms with van der Waals surface area (Å²) in [5.74, 6) is -0.758. The second kappa shape index (κ2) is 11.1. The quantitative estimate of drug-likeness (QED) is 0.461. The second-order valence-electron chi connectivity index (χ2n) is 10.1. The Morgan fingerprint density at radius 2 is 1.69 bits per heavy atom. The van der Waals surface area contributed by atoms with Gasteiger partial charge in [-0.25, -0.2) is 0 Å². The van der Waals surface area contributed by atoms with Crippen LogP contribution in [-0.2, 0) is 21.5 Å². The van der Waals surface area contributed by atoms with E-state index in [0.717, 1.165) is 29.7 Å². The van der Waals surface area contributed by atoms with Crippen LogP contribution in [0.3, 0.4) is 0 Å². The molecule has 0 saturated heterocycles. The van der Waals surface area contributed by atoms with E-state index < -0.39 is 23.3 Å². The Kier molecular flexibility index (Phi) is 8.93. The number of carbonyl (C=O) groups is 3. The number of benzene rings is 1. The zero-order valence-corrected chi connectivity index (χ0v) is 22.3. The summed E-state index contributed by atoms with van der Waals surface area (Å²) >= 11 is 0. The first-order valence-electron chi connectivity index (χ1n) is 12.3. The van der Waals surface area contributed by atoms with Crippen LogP contribution in [-0.4, -0.2) is 40.0 Å². The lowest BCUT2D eigenvalue weighted by Crippen LogP contribution is -2.39. The summed E-state index contributed by atoms with van der Waals surface area (Å²) in [4.78, 5) is 36.3. The number of carbonyl (C=O) groups excluding carboxylic acids is 2. The Morgan fingerprint density at radius 3 is 2.17 bits per heavy atom. The third kappa shape index (κ3) is 5.95. The van der Waals surface area contributed by atoms with E-state index in [2.05, 4.69) is 25.2 Å². The maximum atomic E-state index is 12.8. The van der Waals surface area contributed by atoms with Crippen LogP contribution in [0, 0.1) is 12.3 Å². The molecule has 1 amide bonds. The zero-order valence-electron chi connectivity index (χ0n) is 22.3. The van der Waals surface area contributed by atoms with Crippen molar-refractivity contribution in [3.8, 4) is 5.75 Å². The first kappa shape index (κ1) is 28.1. The Morgan fingerprint density at radius 1 is 1.06 bits per heavy atom. The van der Waals surface area contributed by atoms with E-state index in [1.165, 1.54) is 6.92 Å². The van der Waals surface area contributed by atoms with Gasteiger partial charge in [0.1, 0.15) is 24.1 Å². The molecule has 192 valence electrons. The normalized spacial score (nSPS) is 12.8. The maximum Gasteiger partial charge on any atom is 0.325 e. The lowest BCUT2D eigenvalue weighted by molar-refractivity contribution is -0.138. The number of ketones is 1. The molecule has 1 aromatic carbocycles. The first-order valence-corrected chi connectivity index (χ1v) is 12.3. The topological polar surface area (TPSA) is 97.6 Å². The summed E-state index contributed by atoms with van der Waals surface area (Å²) in [7, 11) is 0. The van der Waals surface area contributed by atoms with Crippen molar-refractivity contribution in [2.45, 2.75) is 86.2 Å². The fourth-order valence-electron chi connectivity index (χ4n) is 4.39. The molecule has 0 saturated carbocycles. The van der Waals surface area contributed by atoms with Crippen LogP contribution in [0.25, 0.3) is 0 Å². The molecule has 7 nitrogen and oxygen atoms in total. The molecule has 0 aliphatic carbocycles. The number of Topliss-reactive ketones (excluding diaryl/α,β-unsaturated/α-hetero) is 1. The summed E-state index contributed by atoms with van der Waals surface area (Å²) in [6, 6.07) is 8.82. The number of amides is 1. The SMILES string of the molecule is CCn1c(C(=O)N[C@@H](C)C(=O)O)ccc1C(CC)(CC)c1ccc(OCC(=O)C(C)(C)C)c(C)c1. The lowest BCUT2D eigenvalue weighted by Gasteiger charge is -2.34. The predicted molar refractivity (Wildman–Crippen MR) is 137 cm³/mol. The predicted octanol–water partition coefficient (Wildman–Crippen LogP) is 5.12. The van der Waals surface area contributed by atoms with Gasteiger partial charge in [0.15, 0.2) is 5.78 Å². The first-order chi connectivity index (χ1) is 16.3. The van der Waals surface area contributed by atoms with Crippen LogP contribution >= 0.6 is 0 Å². The maximum absolute atomic E-state index is 12.8. The summed E-state index contributed by atoms with van der Waals surface area (Å²) in [6.45, 7) is 15.9. The van der Waals surface area contributed by atoms with E-state index >= 15 is 0 Å². The van der Waals surface area contributed by atoms with Crippen molar-refractivity contribution < 1.29 is 24.2 Å². The molecule has 0 radical (unpaired) electrons. The molecule has 1 atom stereocenters. The average Bonchev–Trinajstić information content (AvgIpc) is 3.23. The molecule has 1 heterocycles. The number of aliphatic carboxylic acids is 1. The highest BCUT2D eigenvalue weighted by molar-refractivity contribution is 5.95. The van der Waals surface area contributed by atoms with Gasteiger partial charge in [0.05, 0.1) is 0 Å². The number of nitrogens with zero attached hydrogens (tertiary/aromatic N) is 1. The number of carboxylic acids is 1. The molecule has 0 fully saturated rings. The fourth-order valence-corrected chi connectivity index (χ4v) is 4.39. The highest BCUT2D eigenvalue weighted by Gasteiger charge is 2.35. The van der Waals surface area contributed by atoms with Crippen molar-refractivity contribution in [1.82, 2.24) is 9.88 Å². The molecular formula is C28H40N2O5. The van der Waals surface area contributed by atoms with E-state index in [4.69, 9.17) is 9.84 Å². The highest BCUT2D eigenvalue weighted by Crippen LogP contribution is 2.41. The summed E-state index contributed by atoms with van der Waals surface area (Å²) < 4.78 is 7.82. The monoisotopic (exact) mass is 484 g/mol. The second-order valence-corrected chi connectivity index (χ2v) is 10.1. The molecule has 35 heavy (non-hydrogen) atoms. The number of carboxylic acid groups (broad SMARTS) is 1. The minimum Gasteiger partial charge on any atom is -0.486 e. The molecule has 0 aliphatic rings. The molecular weight excluding hydrogens is 444 g/mol. The summed E-state index contributed by atoms with van der Waals surface area (Å²) in [6.07, 6.45) is 1.62. The van der Waals surface area contributed by atoms with Gasteiger partial charge >= 0.3 is 5.97 Å². The minimum atomic E-state index is -1.08. The molecule has 0 aliphatic heterocycles. The van der Waals surface area contributed by atoms with Crippen LogP contribution in [0.5, 0.6) is 5.75 Å². The highest BCUT2D eigenvalue weighted by atomic mass is 16.5. The Bertz CT molecular complexity index is 1070. The molecule has 2 rings (SSSR count). The van der Waals surface area contributed by atoms with Crippen LogP contribution in [0.4, 0.5) is 0 Å². The lowest BCUT2D eigenvalue weighted by atomic mass is 9.72. The fraction of sp³-hybridized carbons (Fsp3) is 0.536. The number of aryl methyl sites for hydroxylation is 1. The largest absolute Gasteiger partial charge is 0.486 e. The number of hydrogen-bond acceptors (Lipinski definition) is 4. The van der Waals surface area contributed by atoms with Gasteiger partial charge in [-0.15, -0.1) is 0 Å². The molecule has 0 spiro atoms. The van der Waals surface area contributed by atoms with E-state index in [0.29, 0.717) is 18.0 Å². The van der Waals surface area contributed by atoms with Crippen molar-refractivity contribution in [3.05, 3.63) is 52.8 Å². The standard InChI is InChI=1S/C28H40N2O5/c1-9-28(10-2,20-12-14-22(18(4)16-20)35-17-24(31)27(6,7)8)23-15-13-21(30(23)11-3)25(32)29-19(5)26(33)34/h12-16,19H,9-11,17H2,1-8H3,(H,29,32)(H,33,34)/t19-/m0/s1. The zero-order chi connectivity index (χ0) is 26.6. The molecule has 7 heteroatoms. The van der Waals surface area contributed by atoms with Gasteiger partial charge in [-0.2, -0.15) is 0 Å². The van der Waals surface area contributed by atoms with Gasteiger partial charge < -0.3 is 19.7 Å². The molecule has 0 bridgehead atoms.